The van der Waals surface area contributed by atoms with Crippen molar-refractivity contribution >= 4 is 23.2 Å². The predicted molar refractivity (Wildman–Crippen MR) is 68.9 cm³/mol. The maximum absolute atomic E-state index is 6.16. The van der Waals surface area contributed by atoms with Gasteiger partial charge in [-0.15, -0.1) is 0 Å². The molecule has 0 aromatic heterocycles. The SMILES string of the molecule is NCC1CCCN1Cc1c(Cl)cccc1Cl. The summed E-state index contributed by atoms with van der Waals surface area (Å²) in [5.74, 6) is 0. The number of hydrogen-bond acceptors (Lipinski definition) is 2. The molecular weight excluding hydrogens is 243 g/mol. The normalized spacial score (nSPS) is 21.6. The monoisotopic (exact) mass is 258 g/mol. The molecular formula is C12H16Cl2N2. The predicted octanol–water partition coefficient (Wildman–Crippen LogP) is 2.92. The van der Waals surface area contributed by atoms with E-state index >= 15 is 0 Å². The zero-order chi connectivity index (χ0) is 11.5. The average Bonchev–Trinajstić information content (AvgIpc) is 2.71. The summed E-state index contributed by atoms with van der Waals surface area (Å²) >= 11 is 12.3. The molecule has 1 fully saturated rings. The van der Waals surface area contributed by atoms with Crippen molar-refractivity contribution in [2.45, 2.75) is 25.4 Å². The van der Waals surface area contributed by atoms with Crippen LogP contribution in [0.4, 0.5) is 0 Å². The van der Waals surface area contributed by atoms with Gasteiger partial charge < -0.3 is 5.73 Å². The molecule has 1 atom stereocenters. The molecule has 88 valence electrons. The number of nitrogens with zero attached hydrogens (tertiary/aromatic N) is 1. The van der Waals surface area contributed by atoms with Crippen LogP contribution in [0.3, 0.4) is 0 Å². The minimum absolute atomic E-state index is 0.479. The van der Waals surface area contributed by atoms with Crippen LogP contribution in [-0.4, -0.2) is 24.0 Å². The molecule has 0 amide bonds. The number of likely N-dealkylation sites (tertiary alicyclic amines) is 1. The fourth-order valence-corrected chi connectivity index (χ4v) is 2.77. The summed E-state index contributed by atoms with van der Waals surface area (Å²) in [4.78, 5) is 2.37. The largest absolute Gasteiger partial charge is 0.329 e. The van der Waals surface area contributed by atoms with Gasteiger partial charge in [0.2, 0.25) is 0 Å². The third-order valence-electron chi connectivity index (χ3n) is 3.19. The van der Waals surface area contributed by atoms with E-state index in [1.54, 1.807) is 0 Å². The van der Waals surface area contributed by atoms with Gasteiger partial charge in [-0.2, -0.15) is 0 Å². The Kier molecular flexibility index (Phi) is 4.09. The molecule has 4 heteroatoms. The lowest BCUT2D eigenvalue weighted by molar-refractivity contribution is 0.250. The first-order chi connectivity index (χ1) is 7.72. The van der Waals surface area contributed by atoms with Crippen LogP contribution in [0.2, 0.25) is 10.0 Å². The Balaban J connectivity index is 2.14. The van der Waals surface area contributed by atoms with Crippen LogP contribution in [0.15, 0.2) is 18.2 Å². The summed E-state index contributed by atoms with van der Waals surface area (Å²) in [6.45, 7) is 2.60. The summed E-state index contributed by atoms with van der Waals surface area (Å²) in [6.07, 6.45) is 2.39. The lowest BCUT2D eigenvalue weighted by Gasteiger charge is -2.24. The number of hydrogen-bond donors (Lipinski definition) is 1. The molecule has 2 nitrogen and oxygen atoms in total. The molecule has 2 N–H and O–H groups in total. The molecule has 16 heavy (non-hydrogen) atoms. The van der Waals surface area contributed by atoms with Crippen molar-refractivity contribution in [3.05, 3.63) is 33.8 Å². The first-order valence-corrected chi connectivity index (χ1v) is 6.35. The van der Waals surface area contributed by atoms with Gasteiger partial charge >= 0.3 is 0 Å². The molecule has 1 aliphatic rings. The van der Waals surface area contributed by atoms with Crippen LogP contribution < -0.4 is 5.73 Å². The molecule has 1 unspecified atom stereocenters. The average molecular weight is 259 g/mol. The summed E-state index contributed by atoms with van der Waals surface area (Å²) in [5.41, 5.74) is 6.77. The van der Waals surface area contributed by atoms with Crippen molar-refractivity contribution in [1.29, 1.82) is 0 Å². The lowest BCUT2D eigenvalue weighted by Crippen LogP contribution is -2.34. The Morgan fingerprint density at radius 3 is 2.62 bits per heavy atom. The Labute approximate surface area is 106 Å². The molecule has 1 heterocycles. The highest BCUT2D eigenvalue weighted by Gasteiger charge is 2.24. The summed E-state index contributed by atoms with van der Waals surface area (Å²) in [5, 5.41) is 1.49. The van der Waals surface area contributed by atoms with Crippen LogP contribution in [0.25, 0.3) is 0 Å². The van der Waals surface area contributed by atoms with Crippen molar-refractivity contribution in [2.75, 3.05) is 13.1 Å². The summed E-state index contributed by atoms with van der Waals surface area (Å²) in [6, 6.07) is 6.12. The van der Waals surface area contributed by atoms with Gasteiger partial charge in [0.15, 0.2) is 0 Å². The highest BCUT2D eigenvalue weighted by atomic mass is 35.5. The van der Waals surface area contributed by atoms with E-state index in [1.165, 1.54) is 12.8 Å². The van der Waals surface area contributed by atoms with Gasteiger partial charge in [0.1, 0.15) is 0 Å². The van der Waals surface area contributed by atoms with E-state index in [-0.39, 0.29) is 0 Å². The van der Waals surface area contributed by atoms with Crippen LogP contribution in [0.1, 0.15) is 18.4 Å². The topological polar surface area (TPSA) is 29.3 Å². The van der Waals surface area contributed by atoms with E-state index < -0.39 is 0 Å². The van der Waals surface area contributed by atoms with E-state index in [0.29, 0.717) is 12.6 Å². The van der Waals surface area contributed by atoms with Crippen LogP contribution in [0, 0.1) is 0 Å². The fraction of sp³-hybridized carbons (Fsp3) is 0.500. The standard InChI is InChI=1S/C12H16Cl2N2/c13-11-4-1-5-12(14)10(11)8-16-6-2-3-9(16)7-15/h1,4-5,9H,2-3,6-8,15H2. The maximum Gasteiger partial charge on any atom is 0.0465 e. The van der Waals surface area contributed by atoms with Crippen molar-refractivity contribution in [3.8, 4) is 0 Å². The zero-order valence-electron chi connectivity index (χ0n) is 9.13. The number of nitrogens with two attached hydrogens (primary N) is 1. The van der Waals surface area contributed by atoms with E-state index in [0.717, 1.165) is 28.7 Å². The van der Waals surface area contributed by atoms with E-state index in [1.807, 2.05) is 18.2 Å². The van der Waals surface area contributed by atoms with Crippen molar-refractivity contribution in [3.63, 3.8) is 0 Å². The molecule has 0 bridgehead atoms. The smallest absolute Gasteiger partial charge is 0.0465 e. The quantitative estimate of drug-likeness (QED) is 0.904. The zero-order valence-corrected chi connectivity index (χ0v) is 10.6. The molecule has 0 saturated carbocycles. The van der Waals surface area contributed by atoms with Crippen LogP contribution in [0.5, 0.6) is 0 Å². The minimum atomic E-state index is 0.479. The first-order valence-electron chi connectivity index (χ1n) is 5.59. The van der Waals surface area contributed by atoms with Gasteiger partial charge in [0.25, 0.3) is 0 Å². The number of halogens is 2. The highest BCUT2D eigenvalue weighted by Crippen LogP contribution is 2.28. The lowest BCUT2D eigenvalue weighted by atomic mass is 10.2. The van der Waals surface area contributed by atoms with E-state index in [9.17, 15) is 0 Å². The Morgan fingerprint density at radius 2 is 2.00 bits per heavy atom. The molecule has 2 rings (SSSR count). The number of benzene rings is 1. The van der Waals surface area contributed by atoms with Gasteiger partial charge in [-0.25, -0.2) is 0 Å². The summed E-state index contributed by atoms with van der Waals surface area (Å²) in [7, 11) is 0. The molecule has 1 saturated heterocycles. The second-order valence-electron chi connectivity index (χ2n) is 4.20. The Hall–Kier alpha value is -0.280. The first kappa shape index (κ1) is 12.2. The van der Waals surface area contributed by atoms with Crippen molar-refractivity contribution in [2.24, 2.45) is 5.73 Å². The van der Waals surface area contributed by atoms with Gasteiger partial charge in [-0.05, 0) is 31.5 Å². The molecule has 0 aliphatic carbocycles. The van der Waals surface area contributed by atoms with Crippen LogP contribution in [-0.2, 0) is 6.54 Å². The van der Waals surface area contributed by atoms with Crippen molar-refractivity contribution in [1.82, 2.24) is 4.90 Å². The maximum atomic E-state index is 6.16. The second kappa shape index (κ2) is 5.37. The third kappa shape index (κ3) is 2.51. The Morgan fingerprint density at radius 1 is 1.31 bits per heavy atom. The van der Waals surface area contributed by atoms with Crippen LogP contribution >= 0.6 is 23.2 Å². The third-order valence-corrected chi connectivity index (χ3v) is 3.90. The minimum Gasteiger partial charge on any atom is -0.329 e. The van der Waals surface area contributed by atoms with E-state index in [4.69, 9.17) is 28.9 Å². The number of rotatable bonds is 3. The molecule has 1 aromatic carbocycles. The van der Waals surface area contributed by atoms with Gasteiger partial charge in [-0.1, -0.05) is 29.3 Å². The molecule has 1 aliphatic heterocycles. The fourth-order valence-electron chi connectivity index (χ4n) is 2.26. The summed E-state index contributed by atoms with van der Waals surface area (Å²) < 4.78 is 0. The second-order valence-corrected chi connectivity index (χ2v) is 5.02. The van der Waals surface area contributed by atoms with Crippen molar-refractivity contribution < 1.29 is 0 Å². The Bertz CT molecular complexity index is 348. The van der Waals surface area contributed by atoms with Gasteiger partial charge in [0, 0.05) is 34.7 Å². The van der Waals surface area contributed by atoms with Gasteiger partial charge in [-0.3, -0.25) is 4.90 Å². The van der Waals surface area contributed by atoms with E-state index in [2.05, 4.69) is 4.90 Å². The molecule has 1 aromatic rings. The highest BCUT2D eigenvalue weighted by molar-refractivity contribution is 6.35. The van der Waals surface area contributed by atoms with Gasteiger partial charge in [0.05, 0.1) is 0 Å². The molecule has 0 radical (unpaired) electrons. The molecule has 0 spiro atoms.